The Morgan fingerprint density at radius 1 is 1.23 bits per heavy atom. The number of halogens is 1. The number of oxazole rings is 1. The zero-order valence-corrected chi connectivity index (χ0v) is 17.0. The quantitative estimate of drug-likeness (QED) is 0.473. The highest BCUT2D eigenvalue weighted by Crippen LogP contribution is 2.38. The third kappa shape index (κ3) is 3.62. The van der Waals surface area contributed by atoms with Gasteiger partial charge in [-0.15, -0.1) is 11.3 Å². The molecule has 0 saturated carbocycles. The highest BCUT2D eigenvalue weighted by molar-refractivity contribution is 7.84. The monoisotopic (exact) mass is 444 g/mol. The molecule has 10 heteroatoms. The molecule has 0 saturated heterocycles. The van der Waals surface area contributed by atoms with Gasteiger partial charge in [0.1, 0.15) is 16.9 Å². The average molecular weight is 444 g/mol. The highest BCUT2D eigenvalue weighted by atomic mass is 32.2. The minimum Gasteiger partial charge on any atom is -0.478 e. The third-order valence-corrected chi connectivity index (χ3v) is 6.19. The summed E-state index contributed by atoms with van der Waals surface area (Å²) in [6.45, 7) is 0. The van der Waals surface area contributed by atoms with Gasteiger partial charge in [-0.05, 0) is 30.3 Å². The summed E-state index contributed by atoms with van der Waals surface area (Å²) in [6, 6.07) is 10.8. The number of nitrogens with zero attached hydrogens (tertiary/aromatic N) is 1. The smallest absolute Gasteiger partial charge is 0.339 e. The fraction of sp³-hybridized carbons (Fsp3) is 0.0500. The van der Waals surface area contributed by atoms with E-state index in [-0.39, 0.29) is 32.5 Å². The number of rotatable bonds is 5. The molecule has 2 aromatic carbocycles. The van der Waals surface area contributed by atoms with Crippen LogP contribution in [-0.2, 0) is 10.8 Å². The molecule has 2 aromatic heterocycles. The van der Waals surface area contributed by atoms with Gasteiger partial charge in [0.05, 0.1) is 10.6 Å². The lowest BCUT2D eigenvalue weighted by Gasteiger charge is -2.06. The zero-order chi connectivity index (χ0) is 21.4. The summed E-state index contributed by atoms with van der Waals surface area (Å²) in [4.78, 5) is 28.9. The Bertz CT molecular complexity index is 1290. The van der Waals surface area contributed by atoms with Crippen LogP contribution in [0.4, 0.5) is 10.1 Å². The number of aromatic carboxylic acids is 1. The Hall–Kier alpha value is -3.37. The van der Waals surface area contributed by atoms with Gasteiger partial charge in [-0.3, -0.25) is 9.00 Å². The van der Waals surface area contributed by atoms with E-state index in [9.17, 15) is 23.3 Å². The van der Waals surface area contributed by atoms with Gasteiger partial charge in [-0.1, -0.05) is 12.1 Å². The van der Waals surface area contributed by atoms with Crippen LogP contribution in [0.5, 0.6) is 0 Å². The number of carbonyl (C=O) groups excluding carboxylic acids is 1. The second kappa shape index (κ2) is 7.81. The first-order chi connectivity index (χ1) is 14.3. The van der Waals surface area contributed by atoms with E-state index in [0.717, 1.165) is 17.4 Å². The lowest BCUT2D eigenvalue weighted by atomic mass is 10.1. The second-order valence-corrected chi connectivity index (χ2v) is 8.45. The number of para-hydroxylation sites is 2. The number of anilines is 1. The minimum atomic E-state index is -1.38. The second-order valence-electron chi connectivity index (χ2n) is 6.20. The maximum absolute atomic E-state index is 14.6. The number of aromatic nitrogens is 1. The molecule has 0 fully saturated rings. The summed E-state index contributed by atoms with van der Waals surface area (Å²) >= 11 is 0.966. The summed E-state index contributed by atoms with van der Waals surface area (Å²) in [7, 11) is -1.38. The van der Waals surface area contributed by atoms with Gasteiger partial charge in [0.2, 0.25) is 0 Å². The Morgan fingerprint density at radius 3 is 2.67 bits per heavy atom. The largest absolute Gasteiger partial charge is 0.478 e. The molecule has 0 spiro atoms. The molecule has 0 aliphatic rings. The van der Waals surface area contributed by atoms with Crippen LogP contribution in [0.3, 0.4) is 0 Å². The highest BCUT2D eigenvalue weighted by Gasteiger charge is 2.25. The fourth-order valence-corrected chi connectivity index (χ4v) is 4.41. The van der Waals surface area contributed by atoms with Gasteiger partial charge in [-0.2, -0.15) is 0 Å². The molecule has 0 radical (unpaired) electrons. The number of benzene rings is 2. The van der Waals surface area contributed by atoms with Gasteiger partial charge in [0.15, 0.2) is 5.58 Å². The molecule has 4 aromatic rings. The molecule has 4 rings (SSSR count). The van der Waals surface area contributed by atoms with Gasteiger partial charge >= 0.3 is 11.9 Å². The Kier molecular flexibility index (Phi) is 5.18. The molecule has 1 unspecified atom stereocenters. The summed E-state index contributed by atoms with van der Waals surface area (Å²) in [5.74, 6) is -2.98. The Balaban J connectivity index is 1.70. The number of thiophene rings is 1. The first-order valence-corrected chi connectivity index (χ1v) is 10.9. The van der Waals surface area contributed by atoms with E-state index in [2.05, 4.69) is 10.3 Å². The molecule has 1 atom stereocenters. The molecule has 2 heterocycles. The van der Waals surface area contributed by atoms with Crippen LogP contribution in [0.1, 0.15) is 21.0 Å². The van der Waals surface area contributed by atoms with E-state index in [4.69, 9.17) is 4.42 Å². The predicted molar refractivity (Wildman–Crippen MR) is 111 cm³/mol. The molecule has 30 heavy (non-hydrogen) atoms. The zero-order valence-electron chi connectivity index (χ0n) is 15.3. The Labute approximate surface area is 175 Å². The Morgan fingerprint density at radius 2 is 2.00 bits per heavy atom. The average Bonchev–Trinajstić information content (AvgIpc) is 3.32. The minimum absolute atomic E-state index is 0.00250. The van der Waals surface area contributed by atoms with Crippen molar-refractivity contribution >= 4 is 50.8 Å². The number of nitrogens with one attached hydrogen (secondary N) is 1. The van der Waals surface area contributed by atoms with Crippen molar-refractivity contribution in [2.45, 2.75) is 4.90 Å². The van der Waals surface area contributed by atoms with Gasteiger partial charge in [-0.25, -0.2) is 14.2 Å². The van der Waals surface area contributed by atoms with Gasteiger partial charge in [0, 0.05) is 32.9 Å². The fourth-order valence-electron chi connectivity index (χ4n) is 2.86. The molecule has 7 nitrogen and oxygen atoms in total. The lowest BCUT2D eigenvalue weighted by molar-refractivity contribution is 0.0699. The first kappa shape index (κ1) is 19.9. The number of carboxylic acids is 1. The number of amides is 1. The van der Waals surface area contributed by atoms with Crippen LogP contribution in [0.25, 0.3) is 21.5 Å². The van der Waals surface area contributed by atoms with Crippen molar-refractivity contribution in [2.24, 2.45) is 0 Å². The SMILES string of the molecule is CS(=O)c1ccc(-c2scc(NC(=O)c3nc4ccccc4o3)c2C(=O)O)c(F)c1. The third-order valence-electron chi connectivity index (χ3n) is 4.26. The molecular formula is C20H13FN2O5S2. The summed E-state index contributed by atoms with van der Waals surface area (Å²) in [5, 5.41) is 13.6. The number of carboxylic acid groups (broad SMARTS) is 1. The first-order valence-electron chi connectivity index (χ1n) is 8.50. The van der Waals surface area contributed by atoms with E-state index < -0.39 is 28.5 Å². The maximum atomic E-state index is 14.6. The van der Waals surface area contributed by atoms with Crippen molar-refractivity contribution in [1.29, 1.82) is 0 Å². The molecule has 1 amide bonds. The number of hydrogen-bond acceptors (Lipinski definition) is 6. The van der Waals surface area contributed by atoms with Crippen LogP contribution in [0, 0.1) is 5.82 Å². The van der Waals surface area contributed by atoms with Gasteiger partial charge < -0.3 is 14.8 Å². The maximum Gasteiger partial charge on any atom is 0.339 e. The molecule has 0 bridgehead atoms. The normalized spacial score (nSPS) is 12.1. The van der Waals surface area contributed by atoms with Crippen molar-refractivity contribution in [2.75, 3.05) is 11.6 Å². The predicted octanol–water partition coefficient (Wildman–Crippen LogP) is 4.38. The van der Waals surface area contributed by atoms with E-state index in [1.165, 1.54) is 23.8 Å². The lowest BCUT2D eigenvalue weighted by Crippen LogP contribution is -2.14. The van der Waals surface area contributed by atoms with Crippen LogP contribution >= 0.6 is 11.3 Å². The van der Waals surface area contributed by atoms with Crippen LogP contribution in [-0.4, -0.2) is 32.4 Å². The van der Waals surface area contributed by atoms with Crippen LogP contribution in [0.2, 0.25) is 0 Å². The molecule has 0 aliphatic carbocycles. The molecular weight excluding hydrogens is 431 g/mol. The van der Waals surface area contributed by atoms with Crippen LogP contribution in [0.15, 0.2) is 57.2 Å². The molecule has 0 aliphatic heterocycles. The van der Waals surface area contributed by atoms with E-state index in [1.807, 2.05) is 0 Å². The van der Waals surface area contributed by atoms with Crippen molar-refractivity contribution in [3.05, 3.63) is 65.1 Å². The standard InChI is InChI=1S/C20H13FN2O5S2/c1-30(27)10-6-7-11(12(21)8-10)17-16(20(25)26)14(9-29-17)22-18(24)19-23-13-4-2-3-5-15(13)28-19/h2-9H,1H3,(H,22,24)(H,25,26). The van der Waals surface area contributed by atoms with E-state index >= 15 is 0 Å². The van der Waals surface area contributed by atoms with Crippen molar-refractivity contribution in [3.63, 3.8) is 0 Å². The number of fused-ring (bicyclic) bond motifs is 1. The summed E-state index contributed by atoms with van der Waals surface area (Å²) < 4.78 is 31.5. The summed E-state index contributed by atoms with van der Waals surface area (Å²) in [5.41, 5.74) is 0.685. The van der Waals surface area contributed by atoms with Crippen molar-refractivity contribution in [1.82, 2.24) is 4.98 Å². The number of hydrogen-bond donors (Lipinski definition) is 2. The molecule has 2 N–H and O–H groups in total. The van der Waals surface area contributed by atoms with Crippen molar-refractivity contribution < 1.29 is 27.7 Å². The topological polar surface area (TPSA) is 110 Å². The van der Waals surface area contributed by atoms with Crippen molar-refractivity contribution in [3.8, 4) is 10.4 Å². The molecule has 152 valence electrons. The van der Waals surface area contributed by atoms with Gasteiger partial charge in [0.25, 0.3) is 5.89 Å². The van der Waals surface area contributed by atoms with Crippen LogP contribution < -0.4 is 5.32 Å². The van der Waals surface area contributed by atoms with E-state index in [0.29, 0.717) is 11.1 Å². The number of carbonyl (C=O) groups is 2. The summed E-state index contributed by atoms with van der Waals surface area (Å²) in [6.07, 6.45) is 1.42. The van der Waals surface area contributed by atoms with E-state index in [1.54, 1.807) is 24.3 Å².